The maximum atomic E-state index is 6.17. The largest absolute Gasteiger partial charge is 0.382 e. The van der Waals surface area contributed by atoms with Crippen molar-refractivity contribution in [2.75, 3.05) is 20.3 Å². The molecule has 2 unspecified atom stereocenters. The normalized spacial score (nSPS) is 15.1. The minimum atomic E-state index is 0.0422. The van der Waals surface area contributed by atoms with Crippen molar-refractivity contribution >= 4 is 0 Å². The van der Waals surface area contributed by atoms with Gasteiger partial charge in [-0.1, -0.05) is 24.3 Å². The summed E-state index contributed by atoms with van der Waals surface area (Å²) in [6.07, 6.45) is 0.118. The van der Waals surface area contributed by atoms with Gasteiger partial charge in [0.15, 0.2) is 0 Å². The zero-order valence-electron chi connectivity index (χ0n) is 13.7. The van der Waals surface area contributed by atoms with Crippen molar-refractivity contribution in [1.82, 2.24) is 5.32 Å². The molecule has 0 aliphatic heterocycles. The van der Waals surface area contributed by atoms with Crippen LogP contribution in [-0.4, -0.2) is 31.9 Å². The standard InChI is InChI=1S/C17H29NO2/c1-13-9-7-8-10-15(13)16(11-18-17(3,4)5)20-14(2)12-19-6/h7-10,14,16,18H,11-12H2,1-6H3. The van der Waals surface area contributed by atoms with Crippen molar-refractivity contribution in [3.8, 4) is 0 Å². The summed E-state index contributed by atoms with van der Waals surface area (Å²) in [5, 5.41) is 3.53. The lowest BCUT2D eigenvalue weighted by Gasteiger charge is -2.28. The van der Waals surface area contributed by atoms with E-state index < -0.39 is 0 Å². The molecule has 0 saturated carbocycles. The van der Waals surface area contributed by atoms with E-state index in [0.29, 0.717) is 6.61 Å². The lowest BCUT2D eigenvalue weighted by molar-refractivity contribution is -0.0414. The molecular formula is C17H29NO2. The molecule has 2 atom stereocenters. The Bertz CT molecular complexity index is 398. The number of methoxy groups -OCH3 is 1. The Morgan fingerprint density at radius 2 is 1.85 bits per heavy atom. The number of ether oxygens (including phenoxy) is 2. The molecule has 1 aromatic carbocycles. The van der Waals surface area contributed by atoms with E-state index in [2.05, 4.69) is 57.3 Å². The molecule has 0 aliphatic carbocycles. The Morgan fingerprint density at radius 1 is 1.20 bits per heavy atom. The first kappa shape index (κ1) is 17.2. The van der Waals surface area contributed by atoms with Crippen LogP contribution in [0.4, 0.5) is 0 Å². The van der Waals surface area contributed by atoms with Gasteiger partial charge in [-0.3, -0.25) is 0 Å². The van der Waals surface area contributed by atoms with E-state index in [4.69, 9.17) is 9.47 Å². The number of benzene rings is 1. The Hall–Kier alpha value is -0.900. The highest BCUT2D eigenvalue weighted by atomic mass is 16.5. The van der Waals surface area contributed by atoms with Gasteiger partial charge in [0.05, 0.1) is 18.8 Å². The van der Waals surface area contributed by atoms with Crippen LogP contribution in [-0.2, 0) is 9.47 Å². The van der Waals surface area contributed by atoms with Crippen LogP contribution in [0.2, 0.25) is 0 Å². The average Bonchev–Trinajstić information content (AvgIpc) is 2.34. The molecular weight excluding hydrogens is 250 g/mol. The lowest BCUT2D eigenvalue weighted by atomic mass is 10.0. The van der Waals surface area contributed by atoms with E-state index >= 15 is 0 Å². The van der Waals surface area contributed by atoms with E-state index in [1.165, 1.54) is 11.1 Å². The first-order chi connectivity index (χ1) is 9.33. The maximum Gasteiger partial charge on any atom is 0.0956 e. The van der Waals surface area contributed by atoms with Gasteiger partial charge >= 0.3 is 0 Å². The van der Waals surface area contributed by atoms with Gasteiger partial charge in [-0.25, -0.2) is 0 Å². The summed E-state index contributed by atoms with van der Waals surface area (Å²) in [6.45, 7) is 12.1. The monoisotopic (exact) mass is 279 g/mol. The van der Waals surface area contributed by atoms with Gasteiger partial charge in [0.2, 0.25) is 0 Å². The van der Waals surface area contributed by atoms with Crippen LogP contribution in [0.15, 0.2) is 24.3 Å². The minimum absolute atomic E-state index is 0.0422. The van der Waals surface area contributed by atoms with Crippen LogP contribution in [0.5, 0.6) is 0 Å². The second-order valence-corrected chi connectivity index (χ2v) is 6.38. The van der Waals surface area contributed by atoms with E-state index in [9.17, 15) is 0 Å². The van der Waals surface area contributed by atoms with E-state index in [-0.39, 0.29) is 17.7 Å². The summed E-state index contributed by atoms with van der Waals surface area (Å²) in [6, 6.07) is 8.40. The third-order valence-electron chi connectivity index (χ3n) is 3.15. The summed E-state index contributed by atoms with van der Waals surface area (Å²) >= 11 is 0. The molecule has 3 nitrogen and oxygen atoms in total. The highest BCUT2D eigenvalue weighted by Gasteiger charge is 2.20. The zero-order valence-corrected chi connectivity index (χ0v) is 13.7. The molecule has 0 amide bonds. The molecule has 0 radical (unpaired) electrons. The smallest absolute Gasteiger partial charge is 0.0956 e. The molecule has 0 bridgehead atoms. The minimum Gasteiger partial charge on any atom is -0.382 e. The topological polar surface area (TPSA) is 30.5 Å². The van der Waals surface area contributed by atoms with Crippen molar-refractivity contribution in [3.63, 3.8) is 0 Å². The molecule has 0 spiro atoms. The number of aryl methyl sites for hydroxylation is 1. The SMILES string of the molecule is COCC(C)OC(CNC(C)(C)C)c1ccccc1C. The number of hydrogen-bond acceptors (Lipinski definition) is 3. The van der Waals surface area contributed by atoms with Crippen LogP contribution >= 0.6 is 0 Å². The first-order valence-electron chi connectivity index (χ1n) is 7.28. The first-order valence-corrected chi connectivity index (χ1v) is 7.28. The van der Waals surface area contributed by atoms with Gasteiger partial charge in [0.25, 0.3) is 0 Å². The predicted molar refractivity (Wildman–Crippen MR) is 84.1 cm³/mol. The average molecular weight is 279 g/mol. The second kappa shape index (κ2) is 7.77. The molecule has 1 aromatic rings. The summed E-state index contributed by atoms with van der Waals surface area (Å²) in [7, 11) is 1.70. The van der Waals surface area contributed by atoms with Crippen molar-refractivity contribution < 1.29 is 9.47 Å². The molecule has 1 N–H and O–H groups in total. The van der Waals surface area contributed by atoms with Crippen molar-refractivity contribution in [3.05, 3.63) is 35.4 Å². The molecule has 0 aromatic heterocycles. The van der Waals surface area contributed by atoms with Gasteiger partial charge in [-0.2, -0.15) is 0 Å². The quantitative estimate of drug-likeness (QED) is 0.829. The van der Waals surface area contributed by atoms with E-state index in [1.807, 2.05) is 6.92 Å². The van der Waals surface area contributed by atoms with Crippen LogP contribution in [0, 0.1) is 6.92 Å². The zero-order chi connectivity index (χ0) is 15.2. The molecule has 20 heavy (non-hydrogen) atoms. The van der Waals surface area contributed by atoms with E-state index in [1.54, 1.807) is 7.11 Å². The van der Waals surface area contributed by atoms with Gasteiger partial charge < -0.3 is 14.8 Å². The third kappa shape index (κ3) is 6.04. The van der Waals surface area contributed by atoms with Gasteiger partial charge in [0.1, 0.15) is 0 Å². The lowest BCUT2D eigenvalue weighted by Crippen LogP contribution is -2.40. The fourth-order valence-corrected chi connectivity index (χ4v) is 2.13. The number of hydrogen-bond donors (Lipinski definition) is 1. The highest BCUT2D eigenvalue weighted by molar-refractivity contribution is 5.28. The molecule has 3 heteroatoms. The summed E-state index contributed by atoms with van der Waals surface area (Å²) in [5.74, 6) is 0. The summed E-state index contributed by atoms with van der Waals surface area (Å²) < 4.78 is 11.3. The van der Waals surface area contributed by atoms with Gasteiger partial charge in [-0.15, -0.1) is 0 Å². The van der Waals surface area contributed by atoms with Gasteiger partial charge in [-0.05, 0) is 45.7 Å². The molecule has 114 valence electrons. The Kier molecular flexibility index (Phi) is 6.66. The maximum absolute atomic E-state index is 6.17. The summed E-state index contributed by atoms with van der Waals surface area (Å²) in [5.41, 5.74) is 2.58. The Balaban J connectivity index is 2.81. The molecule has 0 fully saturated rings. The van der Waals surface area contributed by atoms with Crippen molar-refractivity contribution in [2.45, 2.75) is 52.4 Å². The molecule has 0 aliphatic rings. The predicted octanol–water partition coefficient (Wildman–Crippen LogP) is 3.48. The van der Waals surface area contributed by atoms with Crippen molar-refractivity contribution in [1.29, 1.82) is 0 Å². The fourth-order valence-electron chi connectivity index (χ4n) is 2.13. The van der Waals surface area contributed by atoms with Crippen LogP contribution in [0.3, 0.4) is 0 Å². The number of nitrogens with one attached hydrogen (secondary N) is 1. The highest BCUT2D eigenvalue weighted by Crippen LogP contribution is 2.23. The van der Waals surface area contributed by atoms with Crippen LogP contribution < -0.4 is 5.32 Å². The van der Waals surface area contributed by atoms with E-state index in [0.717, 1.165) is 6.54 Å². The molecule has 1 rings (SSSR count). The molecule has 0 saturated heterocycles. The van der Waals surface area contributed by atoms with Crippen molar-refractivity contribution in [2.24, 2.45) is 0 Å². The fraction of sp³-hybridized carbons (Fsp3) is 0.647. The second-order valence-electron chi connectivity index (χ2n) is 6.38. The van der Waals surface area contributed by atoms with Crippen LogP contribution in [0.25, 0.3) is 0 Å². The Labute approximate surface area is 123 Å². The number of rotatable bonds is 7. The van der Waals surface area contributed by atoms with Crippen LogP contribution in [0.1, 0.15) is 44.9 Å². The third-order valence-corrected chi connectivity index (χ3v) is 3.15. The summed E-state index contributed by atoms with van der Waals surface area (Å²) in [4.78, 5) is 0. The van der Waals surface area contributed by atoms with Gasteiger partial charge in [0, 0.05) is 19.2 Å². The Morgan fingerprint density at radius 3 is 2.40 bits per heavy atom. The molecule has 0 heterocycles.